The molecule has 0 bridgehead atoms. The van der Waals surface area contributed by atoms with Crippen molar-refractivity contribution in [3.63, 3.8) is 0 Å². The number of methoxy groups -OCH3 is 2. The average Bonchev–Trinajstić information content (AvgIpc) is 2.35. The molecule has 0 aliphatic carbocycles. The third-order valence-corrected chi connectivity index (χ3v) is 3.45. The summed E-state index contributed by atoms with van der Waals surface area (Å²) >= 11 is 0. The summed E-state index contributed by atoms with van der Waals surface area (Å²) < 4.78 is 17.2. The van der Waals surface area contributed by atoms with Crippen molar-refractivity contribution >= 4 is 5.69 Å². The molecule has 1 aliphatic rings. The molecule has 1 aromatic carbocycles. The number of fused-ring (bicyclic) bond motifs is 1. The summed E-state index contributed by atoms with van der Waals surface area (Å²) in [6, 6.07) is 6.01. The van der Waals surface area contributed by atoms with Gasteiger partial charge in [0.05, 0.1) is 0 Å². The van der Waals surface area contributed by atoms with Crippen LogP contribution < -0.4 is 10.1 Å². The zero-order valence-corrected chi connectivity index (χ0v) is 11.6. The molecule has 1 aromatic rings. The van der Waals surface area contributed by atoms with Crippen LogP contribution >= 0.6 is 0 Å². The van der Waals surface area contributed by atoms with Crippen LogP contribution in [0, 0.1) is 0 Å². The maximum Gasteiger partial charge on any atom is 0.132 e. The van der Waals surface area contributed by atoms with Crippen LogP contribution in [-0.4, -0.2) is 33.0 Å². The van der Waals surface area contributed by atoms with E-state index in [-0.39, 0.29) is 12.2 Å². The van der Waals surface area contributed by atoms with Crippen molar-refractivity contribution in [2.24, 2.45) is 0 Å². The summed E-state index contributed by atoms with van der Waals surface area (Å²) in [5, 5.41) is 3.12. The topological polar surface area (TPSA) is 39.7 Å². The highest BCUT2D eigenvalue weighted by molar-refractivity contribution is 5.53. The van der Waals surface area contributed by atoms with Gasteiger partial charge in [-0.3, -0.25) is 0 Å². The van der Waals surface area contributed by atoms with Crippen molar-refractivity contribution in [1.82, 2.24) is 0 Å². The van der Waals surface area contributed by atoms with E-state index in [0.29, 0.717) is 0 Å². The van der Waals surface area contributed by atoms with E-state index in [9.17, 15) is 0 Å². The summed E-state index contributed by atoms with van der Waals surface area (Å²) in [5.41, 5.74) is 1.65. The van der Waals surface area contributed by atoms with Crippen LogP contribution in [0.3, 0.4) is 0 Å². The number of ether oxygens (including phenoxy) is 3. The highest BCUT2D eigenvalue weighted by Crippen LogP contribution is 2.43. The lowest BCUT2D eigenvalue weighted by Crippen LogP contribution is -2.50. The van der Waals surface area contributed by atoms with Gasteiger partial charge in [0, 0.05) is 32.5 Å². The minimum absolute atomic E-state index is 0.123. The monoisotopic (exact) mass is 251 g/mol. The molecule has 1 aliphatic heterocycles. The number of benzene rings is 1. The molecule has 2 rings (SSSR count). The number of hydrogen-bond acceptors (Lipinski definition) is 4. The normalized spacial score (nSPS) is 25.2. The zero-order valence-electron chi connectivity index (χ0n) is 11.6. The van der Waals surface area contributed by atoms with Crippen molar-refractivity contribution in [1.29, 1.82) is 0 Å². The van der Waals surface area contributed by atoms with E-state index in [0.717, 1.165) is 17.0 Å². The molecule has 0 amide bonds. The fraction of sp³-hybridized carbons (Fsp3) is 0.571. The van der Waals surface area contributed by atoms with Crippen LogP contribution in [0.2, 0.25) is 0 Å². The van der Waals surface area contributed by atoms with Gasteiger partial charge in [-0.15, -0.1) is 0 Å². The van der Waals surface area contributed by atoms with Crippen LogP contribution in [0.25, 0.3) is 0 Å². The molecule has 0 radical (unpaired) electrons. The second-order valence-electron chi connectivity index (χ2n) is 5.02. The largest absolute Gasteiger partial charge is 0.485 e. The third kappa shape index (κ3) is 2.06. The van der Waals surface area contributed by atoms with Crippen LogP contribution in [-0.2, 0) is 9.47 Å². The van der Waals surface area contributed by atoms with Crippen molar-refractivity contribution in [2.75, 3.05) is 26.6 Å². The number of hydrogen-bond donors (Lipinski definition) is 1. The SMILES string of the molecule is CNc1ccc2c(c1)C(OC)C(OC)C(C)(C)O2. The van der Waals surface area contributed by atoms with Gasteiger partial charge >= 0.3 is 0 Å². The first-order valence-corrected chi connectivity index (χ1v) is 6.09. The van der Waals surface area contributed by atoms with Crippen LogP contribution in [0.15, 0.2) is 18.2 Å². The summed E-state index contributed by atoms with van der Waals surface area (Å²) in [5.74, 6) is 0.860. The minimum atomic E-state index is -0.413. The van der Waals surface area contributed by atoms with Crippen LogP contribution in [0.4, 0.5) is 5.69 Å². The van der Waals surface area contributed by atoms with E-state index >= 15 is 0 Å². The van der Waals surface area contributed by atoms with Gasteiger partial charge in [-0.2, -0.15) is 0 Å². The van der Waals surface area contributed by atoms with Gasteiger partial charge in [-0.25, -0.2) is 0 Å². The molecule has 2 atom stereocenters. The number of nitrogens with one attached hydrogen (secondary N) is 1. The second kappa shape index (κ2) is 4.78. The Morgan fingerprint density at radius 1 is 1.22 bits per heavy atom. The maximum absolute atomic E-state index is 6.02. The highest BCUT2D eigenvalue weighted by Gasteiger charge is 2.44. The molecular weight excluding hydrogens is 230 g/mol. The summed E-state index contributed by atoms with van der Waals surface area (Å²) in [6.45, 7) is 4.03. The minimum Gasteiger partial charge on any atom is -0.485 e. The predicted molar refractivity (Wildman–Crippen MR) is 71.2 cm³/mol. The first-order chi connectivity index (χ1) is 8.53. The molecule has 4 heteroatoms. The molecule has 2 unspecified atom stereocenters. The first-order valence-electron chi connectivity index (χ1n) is 6.09. The maximum atomic E-state index is 6.02. The second-order valence-corrected chi connectivity index (χ2v) is 5.02. The summed E-state index contributed by atoms with van der Waals surface area (Å²) in [4.78, 5) is 0. The fourth-order valence-corrected chi connectivity index (χ4v) is 2.55. The predicted octanol–water partition coefficient (Wildman–Crippen LogP) is 2.60. The molecular formula is C14H21NO3. The number of rotatable bonds is 3. The van der Waals surface area contributed by atoms with Gasteiger partial charge < -0.3 is 19.5 Å². The van der Waals surface area contributed by atoms with E-state index in [2.05, 4.69) is 5.32 Å². The molecule has 0 saturated carbocycles. The van der Waals surface area contributed by atoms with Gasteiger partial charge in [0.1, 0.15) is 23.6 Å². The lowest BCUT2D eigenvalue weighted by Gasteiger charge is -2.43. The molecule has 1 heterocycles. The fourth-order valence-electron chi connectivity index (χ4n) is 2.55. The Kier molecular flexibility index (Phi) is 3.50. The van der Waals surface area contributed by atoms with Crippen molar-refractivity contribution < 1.29 is 14.2 Å². The quantitative estimate of drug-likeness (QED) is 0.896. The standard InChI is InChI=1S/C14H21NO3/c1-14(2)13(17-5)12(16-4)10-8-9(15-3)6-7-11(10)18-14/h6-8,12-13,15H,1-5H3. The molecule has 18 heavy (non-hydrogen) atoms. The lowest BCUT2D eigenvalue weighted by atomic mass is 9.88. The number of anilines is 1. The van der Waals surface area contributed by atoms with Gasteiger partial charge in [0.15, 0.2) is 0 Å². The van der Waals surface area contributed by atoms with Gasteiger partial charge in [-0.1, -0.05) is 0 Å². The average molecular weight is 251 g/mol. The van der Waals surface area contributed by atoms with E-state index < -0.39 is 5.60 Å². The molecule has 4 nitrogen and oxygen atoms in total. The molecule has 0 fully saturated rings. The Morgan fingerprint density at radius 3 is 2.50 bits per heavy atom. The van der Waals surface area contributed by atoms with Crippen LogP contribution in [0.1, 0.15) is 25.5 Å². The van der Waals surface area contributed by atoms with Crippen molar-refractivity contribution in [2.45, 2.75) is 31.7 Å². The van der Waals surface area contributed by atoms with Crippen LogP contribution in [0.5, 0.6) is 5.75 Å². The molecule has 100 valence electrons. The molecule has 0 saturated heterocycles. The third-order valence-electron chi connectivity index (χ3n) is 3.45. The smallest absolute Gasteiger partial charge is 0.132 e. The summed E-state index contributed by atoms with van der Waals surface area (Å²) in [7, 11) is 5.29. The Labute approximate surface area is 108 Å². The van der Waals surface area contributed by atoms with E-state index in [1.165, 1.54) is 0 Å². The Morgan fingerprint density at radius 2 is 1.94 bits per heavy atom. The van der Waals surface area contributed by atoms with Gasteiger partial charge in [-0.05, 0) is 32.0 Å². The van der Waals surface area contributed by atoms with E-state index in [4.69, 9.17) is 14.2 Å². The molecule has 0 spiro atoms. The zero-order chi connectivity index (χ0) is 13.3. The Bertz CT molecular complexity index is 431. The Hall–Kier alpha value is -1.26. The Balaban J connectivity index is 2.49. The van der Waals surface area contributed by atoms with Gasteiger partial charge in [0.25, 0.3) is 0 Å². The van der Waals surface area contributed by atoms with E-state index in [1.54, 1.807) is 14.2 Å². The highest BCUT2D eigenvalue weighted by atomic mass is 16.6. The summed E-state index contributed by atoms with van der Waals surface area (Å²) in [6.07, 6.45) is -0.260. The molecule has 1 N–H and O–H groups in total. The molecule has 0 aromatic heterocycles. The lowest BCUT2D eigenvalue weighted by molar-refractivity contribution is -0.140. The first kappa shape index (κ1) is 13.2. The van der Waals surface area contributed by atoms with E-state index in [1.807, 2.05) is 39.1 Å². The van der Waals surface area contributed by atoms with Gasteiger partial charge in [0.2, 0.25) is 0 Å². The van der Waals surface area contributed by atoms with Crippen molar-refractivity contribution in [3.05, 3.63) is 23.8 Å². The van der Waals surface area contributed by atoms with Crippen molar-refractivity contribution in [3.8, 4) is 5.75 Å².